The third-order valence-corrected chi connectivity index (χ3v) is 13.3. The molecule has 0 spiro atoms. The molecule has 0 amide bonds. The lowest BCUT2D eigenvalue weighted by atomic mass is 9.96. The topological polar surface area (TPSA) is 43.6 Å². The number of para-hydroxylation sites is 2. The van der Waals surface area contributed by atoms with E-state index in [-0.39, 0.29) is 0 Å². The Hall–Kier alpha value is -6.99. The molecule has 4 nitrogen and oxygen atoms in total. The predicted molar refractivity (Wildman–Crippen MR) is 242 cm³/mol. The molecule has 6 heteroatoms. The minimum Gasteiger partial charge on any atom is -0.309 e. The first-order chi connectivity index (χ1) is 28.2. The maximum atomic E-state index is 5.14. The van der Waals surface area contributed by atoms with Gasteiger partial charge in [0.25, 0.3) is 0 Å². The Bertz CT molecular complexity index is 3410. The van der Waals surface area contributed by atoms with E-state index in [9.17, 15) is 0 Å². The fourth-order valence-electron chi connectivity index (χ4n) is 8.50. The molecule has 4 aromatic heterocycles. The van der Waals surface area contributed by atoms with Gasteiger partial charge in [-0.05, 0) is 53.6 Å². The number of hydrogen-bond acceptors (Lipinski definition) is 5. The van der Waals surface area contributed by atoms with E-state index in [4.69, 9.17) is 15.0 Å². The van der Waals surface area contributed by atoms with Crippen LogP contribution in [0, 0.1) is 0 Å². The van der Waals surface area contributed by atoms with Crippen LogP contribution in [0.25, 0.3) is 113 Å². The lowest BCUT2D eigenvalue weighted by Crippen LogP contribution is -2.00. The minimum absolute atomic E-state index is 0.660. The van der Waals surface area contributed by atoms with E-state index in [1.807, 2.05) is 59.1 Å². The molecular formula is C51H30N4S2. The molecule has 0 fully saturated rings. The number of nitrogens with zero attached hydrogens (tertiary/aromatic N) is 4. The number of hydrogen-bond donors (Lipinski definition) is 0. The zero-order valence-corrected chi connectivity index (χ0v) is 32.1. The Kier molecular flexibility index (Phi) is 7.24. The summed E-state index contributed by atoms with van der Waals surface area (Å²) in [4.78, 5) is 15.3. The molecule has 0 saturated heterocycles. The molecule has 57 heavy (non-hydrogen) atoms. The standard InChI is InChI=1S/C51H30N4S2/c1-3-13-31(14-4-1)49-52-50(32-15-5-2-6-16-32)54-51(53-49)40-20-12-24-44-48(40)47-35(19-11-23-43(47)56-44)33-25-27-38-39-28-26-34(30-46(39)57-45(38)29-33)55-41-21-9-7-17-36(41)37-18-8-10-22-42(37)55/h1-30H. The second kappa shape index (κ2) is 12.8. The van der Waals surface area contributed by atoms with Crippen LogP contribution in [-0.4, -0.2) is 19.5 Å². The summed E-state index contributed by atoms with van der Waals surface area (Å²) in [6, 6.07) is 64.9. The van der Waals surface area contributed by atoms with Gasteiger partial charge in [-0.25, -0.2) is 15.0 Å². The van der Waals surface area contributed by atoms with Crippen molar-refractivity contribution < 1.29 is 0 Å². The van der Waals surface area contributed by atoms with E-state index in [1.165, 1.54) is 79.0 Å². The third-order valence-electron chi connectivity index (χ3n) is 11.1. The number of rotatable bonds is 5. The van der Waals surface area contributed by atoms with Crippen LogP contribution in [0.2, 0.25) is 0 Å². The Morgan fingerprint density at radius 3 is 1.49 bits per heavy atom. The van der Waals surface area contributed by atoms with E-state index in [1.54, 1.807) is 0 Å². The van der Waals surface area contributed by atoms with Gasteiger partial charge in [-0.1, -0.05) is 140 Å². The van der Waals surface area contributed by atoms with E-state index >= 15 is 0 Å². The van der Waals surface area contributed by atoms with E-state index in [0.717, 1.165) is 16.7 Å². The van der Waals surface area contributed by atoms with Crippen LogP contribution in [0.1, 0.15) is 0 Å². The number of benzene rings is 8. The van der Waals surface area contributed by atoms with Crippen LogP contribution < -0.4 is 0 Å². The lowest BCUT2D eigenvalue weighted by molar-refractivity contribution is 1.08. The third kappa shape index (κ3) is 5.15. The van der Waals surface area contributed by atoms with Gasteiger partial charge in [0.05, 0.1) is 11.0 Å². The molecule has 0 saturated carbocycles. The SMILES string of the molecule is c1ccc(-c2nc(-c3ccccc3)nc(-c3cccc4sc5cccc(-c6ccc7c(c6)sc6cc(-n8c9ccccc9c9ccccc98)ccc67)c5c34)n2)cc1. The van der Waals surface area contributed by atoms with Gasteiger partial charge in [-0.15, -0.1) is 22.7 Å². The van der Waals surface area contributed by atoms with Crippen LogP contribution in [0.4, 0.5) is 0 Å². The Morgan fingerprint density at radius 1 is 0.333 bits per heavy atom. The molecule has 0 radical (unpaired) electrons. The van der Waals surface area contributed by atoms with E-state index in [0.29, 0.717) is 17.5 Å². The van der Waals surface area contributed by atoms with Gasteiger partial charge < -0.3 is 4.57 Å². The second-order valence-electron chi connectivity index (χ2n) is 14.4. The van der Waals surface area contributed by atoms with Crippen molar-refractivity contribution in [2.45, 2.75) is 0 Å². The number of thiophene rings is 2. The van der Waals surface area contributed by atoms with E-state index in [2.05, 4.69) is 150 Å². The van der Waals surface area contributed by atoms with Crippen LogP contribution in [0.5, 0.6) is 0 Å². The highest BCUT2D eigenvalue weighted by atomic mass is 32.1. The molecule has 0 atom stereocenters. The summed E-state index contributed by atoms with van der Waals surface area (Å²) in [6.45, 7) is 0. The normalized spacial score (nSPS) is 11.9. The first kappa shape index (κ1) is 32.3. The Labute approximate surface area is 335 Å². The molecule has 266 valence electrons. The average Bonchev–Trinajstić information content (AvgIpc) is 3.96. The average molecular weight is 763 g/mol. The zero-order valence-electron chi connectivity index (χ0n) is 30.4. The Balaban J connectivity index is 1.03. The smallest absolute Gasteiger partial charge is 0.164 e. The van der Waals surface area contributed by atoms with Crippen molar-refractivity contribution >= 4 is 84.8 Å². The molecular weight excluding hydrogens is 733 g/mol. The van der Waals surface area contributed by atoms with Crippen molar-refractivity contribution in [3.05, 3.63) is 182 Å². The van der Waals surface area contributed by atoms with Crippen LogP contribution in [0.3, 0.4) is 0 Å². The van der Waals surface area contributed by atoms with Gasteiger partial charge in [0.2, 0.25) is 0 Å². The van der Waals surface area contributed by atoms with Gasteiger partial charge in [-0.3, -0.25) is 0 Å². The molecule has 0 unspecified atom stereocenters. The second-order valence-corrected chi connectivity index (χ2v) is 16.5. The highest BCUT2D eigenvalue weighted by molar-refractivity contribution is 7.26. The molecule has 0 aliphatic carbocycles. The first-order valence-corrected chi connectivity index (χ1v) is 20.7. The maximum absolute atomic E-state index is 5.14. The summed E-state index contributed by atoms with van der Waals surface area (Å²) >= 11 is 3.68. The van der Waals surface area contributed by atoms with Gasteiger partial charge in [0, 0.05) is 73.5 Å². The molecule has 12 rings (SSSR count). The molecule has 0 bridgehead atoms. The van der Waals surface area contributed by atoms with Crippen LogP contribution in [0.15, 0.2) is 182 Å². The maximum Gasteiger partial charge on any atom is 0.164 e. The van der Waals surface area contributed by atoms with Crippen molar-refractivity contribution in [1.82, 2.24) is 19.5 Å². The fourth-order valence-corrected chi connectivity index (χ4v) is 10.8. The Morgan fingerprint density at radius 2 is 0.842 bits per heavy atom. The molecule has 8 aromatic carbocycles. The van der Waals surface area contributed by atoms with Crippen molar-refractivity contribution in [1.29, 1.82) is 0 Å². The number of fused-ring (bicyclic) bond motifs is 9. The van der Waals surface area contributed by atoms with Gasteiger partial charge in [0.15, 0.2) is 17.5 Å². The van der Waals surface area contributed by atoms with Crippen molar-refractivity contribution in [2.75, 3.05) is 0 Å². The highest BCUT2D eigenvalue weighted by Crippen LogP contribution is 2.46. The van der Waals surface area contributed by atoms with Crippen LogP contribution >= 0.6 is 22.7 Å². The van der Waals surface area contributed by atoms with Crippen molar-refractivity contribution in [3.63, 3.8) is 0 Å². The van der Waals surface area contributed by atoms with E-state index < -0.39 is 0 Å². The first-order valence-electron chi connectivity index (χ1n) is 19.0. The summed E-state index contributed by atoms with van der Waals surface area (Å²) < 4.78 is 7.40. The number of aromatic nitrogens is 4. The van der Waals surface area contributed by atoms with Gasteiger partial charge in [-0.2, -0.15) is 0 Å². The van der Waals surface area contributed by atoms with Gasteiger partial charge in [0.1, 0.15) is 0 Å². The van der Waals surface area contributed by atoms with Crippen LogP contribution in [-0.2, 0) is 0 Å². The molecule has 0 N–H and O–H groups in total. The van der Waals surface area contributed by atoms with Crippen molar-refractivity contribution in [2.24, 2.45) is 0 Å². The molecule has 4 heterocycles. The summed E-state index contributed by atoms with van der Waals surface area (Å²) in [5.41, 5.74) is 8.95. The largest absolute Gasteiger partial charge is 0.309 e. The quantitative estimate of drug-likeness (QED) is 0.175. The highest BCUT2D eigenvalue weighted by Gasteiger charge is 2.20. The summed E-state index contributed by atoms with van der Waals surface area (Å²) in [7, 11) is 0. The molecule has 0 aliphatic rings. The molecule has 12 aromatic rings. The lowest BCUT2D eigenvalue weighted by Gasteiger charge is -2.11. The summed E-state index contributed by atoms with van der Waals surface area (Å²) in [5.74, 6) is 1.99. The summed E-state index contributed by atoms with van der Waals surface area (Å²) in [6.07, 6.45) is 0. The van der Waals surface area contributed by atoms with Crippen molar-refractivity contribution in [3.8, 4) is 51.0 Å². The monoisotopic (exact) mass is 762 g/mol. The fraction of sp³-hybridized carbons (Fsp3) is 0. The van der Waals surface area contributed by atoms with Gasteiger partial charge >= 0.3 is 0 Å². The zero-order chi connectivity index (χ0) is 37.5. The minimum atomic E-state index is 0.660. The summed E-state index contributed by atoms with van der Waals surface area (Å²) in [5, 5.41) is 7.51. The molecule has 0 aliphatic heterocycles. The predicted octanol–water partition coefficient (Wildman–Crippen LogP) is 14.4.